The van der Waals surface area contributed by atoms with E-state index in [4.69, 9.17) is 5.11 Å². The Bertz CT molecular complexity index is 528. The lowest BCUT2D eigenvalue weighted by atomic mass is 9.94. The van der Waals surface area contributed by atoms with E-state index in [0.29, 0.717) is 18.0 Å². The minimum atomic E-state index is -1.05. The van der Waals surface area contributed by atoms with Crippen LogP contribution in [0.3, 0.4) is 0 Å². The fraction of sp³-hybridized carbons (Fsp3) is 0.467. The van der Waals surface area contributed by atoms with Gasteiger partial charge in [-0.2, -0.15) is 0 Å². The molecule has 1 aliphatic heterocycles. The van der Waals surface area contributed by atoms with Crippen LogP contribution in [0.2, 0.25) is 0 Å². The molecule has 0 saturated carbocycles. The number of rotatable bonds is 5. The van der Waals surface area contributed by atoms with Gasteiger partial charge in [-0.1, -0.05) is 15.9 Å². The van der Waals surface area contributed by atoms with E-state index in [1.165, 1.54) is 6.07 Å². The number of carboxylic acid groups (broad SMARTS) is 1. The Labute approximate surface area is 132 Å². The third-order valence-electron chi connectivity index (χ3n) is 3.66. The van der Waals surface area contributed by atoms with Crippen molar-refractivity contribution in [3.8, 4) is 0 Å². The van der Waals surface area contributed by atoms with Crippen molar-refractivity contribution >= 4 is 33.5 Å². The minimum absolute atomic E-state index is 0.103. The van der Waals surface area contributed by atoms with Crippen LogP contribution in [0.25, 0.3) is 0 Å². The van der Waals surface area contributed by atoms with Crippen molar-refractivity contribution in [2.45, 2.75) is 25.7 Å². The summed E-state index contributed by atoms with van der Waals surface area (Å²) in [5, 5.41) is 15.2. The summed E-state index contributed by atoms with van der Waals surface area (Å²) in [5.74, 6) is -0.651. The van der Waals surface area contributed by atoms with Gasteiger partial charge in [0.1, 0.15) is 0 Å². The van der Waals surface area contributed by atoms with E-state index in [9.17, 15) is 9.59 Å². The minimum Gasteiger partial charge on any atom is -0.478 e. The van der Waals surface area contributed by atoms with Gasteiger partial charge in [0.05, 0.1) is 11.3 Å². The molecule has 0 aliphatic carbocycles. The summed E-state index contributed by atoms with van der Waals surface area (Å²) < 4.78 is 0.735. The fourth-order valence-electron chi connectivity index (χ4n) is 2.52. The molecule has 1 aromatic carbocycles. The highest BCUT2D eigenvalue weighted by atomic mass is 79.9. The van der Waals surface area contributed by atoms with Crippen LogP contribution in [-0.2, 0) is 4.79 Å². The molecule has 0 aromatic heterocycles. The first-order valence-electron chi connectivity index (χ1n) is 7.09. The molecule has 0 radical (unpaired) electrons. The largest absolute Gasteiger partial charge is 0.478 e. The molecule has 6 heteroatoms. The topological polar surface area (TPSA) is 78.4 Å². The molecule has 1 atom stereocenters. The van der Waals surface area contributed by atoms with Crippen molar-refractivity contribution in [1.29, 1.82) is 0 Å². The number of hydrogen-bond acceptors (Lipinski definition) is 3. The quantitative estimate of drug-likeness (QED) is 0.759. The second kappa shape index (κ2) is 7.56. The van der Waals surface area contributed by atoms with Crippen molar-refractivity contribution in [3.05, 3.63) is 28.2 Å². The number of piperidine rings is 1. The van der Waals surface area contributed by atoms with E-state index in [0.717, 1.165) is 36.8 Å². The maximum Gasteiger partial charge on any atom is 0.337 e. The summed E-state index contributed by atoms with van der Waals surface area (Å²) in [4.78, 5) is 23.1. The molecular weight excluding hydrogens is 336 g/mol. The summed E-state index contributed by atoms with van der Waals surface area (Å²) in [6.07, 6.45) is 3.55. The van der Waals surface area contributed by atoms with Crippen LogP contribution in [-0.4, -0.2) is 30.1 Å². The van der Waals surface area contributed by atoms with Gasteiger partial charge in [-0.05, 0) is 56.5 Å². The highest BCUT2D eigenvalue weighted by Crippen LogP contribution is 2.22. The molecule has 21 heavy (non-hydrogen) atoms. The molecule has 114 valence electrons. The molecule has 1 fully saturated rings. The van der Waals surface area contributed by atoms with Gasteiger partial charge in [0.15, 0.2) is 0 Å². The molecule has 5 nitrogen and oxygen atoms in total. The fourth-order valence-corrected chi connectivity index (χ4v) is 2.89. The van der Waals surface area contributed by atoms with Gasteiger partial charge in [0.25, 0.3) is 0 Å². The number of halogens is 1. The number of aromatic carboxylic acids is 1. The maximum absolute atomic E-state index is 12.0. The van der Waals surface area contributed by atoms with Crippen molar-refractivity contribution < 1.29 is 14.7 Å². The monoisotopic (exact) mass is 354 g/mol. The predicted molar refractivity (Wildman–Crippen MR) is 84.6 cm³/mol. The number of carbonyl (C=O) groups excluding carboxylic acids is 1. The molecule has 0 spiro atoms. The van der Waals surface area contributed by atoms with E-state index >= 15 is 0 Å². The molecule has 1 heterocycles. The zero-order valence-electron chi connectivity index (χ0n) is 11.7. The predicted octanol–water partition coefficient (Wildman–Crippen LogP) is 2.87. The molecule has 3 N–H and O–H groups in total. The van der Waals surface area contributed by atoms with Crippen LogP contribution < -0.4 is 10.6 Å². The lowest BCUT2D eigenvalue weighted by Gasteiger charge is -2.22. The molecule has 1 aliphatic rings. The molecule has 1 unspecified atom stereocenters. The smallest absolute Gasteiger partial charge is 0.337 e. The average Bonchev–Trinajstić information content (AvgIpc) is 2.46. The van der Waals surface area contributed by atoms with Crippen molar-refractivity contribution in [3.63, 3.8) is 0 Å². The van der Waals surface area contributed by atoms with E-state index in [2.05, 4.69) is 26.6 Å². The first kappa shape index (κ1) is 16.0. The maximum atomic E-state index is 12.0. The van der Waals surface area contributed by atoms with E-state index in [1.54, 1.807) is 12.1 Å². The highest BCUT2D eigenvalue weighted by molar-refractivity contribution is 9.10. The standard InChI is InChI=1S/C15H19BrN2O3/c16-11-4-5-12(15(20)21)13(8-11)18-14(19)6-3-10-2-1-7-17-9-10/h4-5,8,10,17H,1-3,6-7,9H2,(H,18,19)(H,20,21). The van der Waals surface area contributed by atoms with Gasteiger partial charge in [-0.3, -0.25) is 4.79 Å². The van der Waals surface area contributed by atoms with Crippen molar-refractivity contribution in [1.82, 2.24) is 5.32 Å². The summed E-state index contributed by atoms with van der Waals surface area (Å²) in [6, 6.07) is 4.74. The lowest BCUT2D eigenvalue weighted by Crippen LogP contribution is -2.30. The molecule has 1 amide bonds. The van der Waals surface area contributed by atoms with Gasteiger partial charge in [-0.25, -0.2) is 4.79 Å². The normalized spacial score (nSPS) is 18.2. The first-order chi connectivity index (χ1) is 10.1. The third kappa shape index (κ3) is 4.82. The van der Waals surface area contributed by atoms with Gasteiger partial charge < -0.3 is 15.7 Å². The number of hydrogen-bond donors (Lipinski definition) is 3. The zero-order chi connectivity index (χ0) is 15.2. The number of nitrogens with one attached hydrogen (secondary N) is 2. The van der Waals surface area contributed by atoms with Crippen LogP contribution in [0.4, 0.5) is 5.69 Å². The number of benzene rings is 1. The zero-order valence-corrected chi connectivity index (χ0v) is 13.3. The first-order valence-corrected chi connectivity index (χ1v) is 7.89. The Morgan fingerprint density at radius 1 is 1.43 bits per heavy atom. The Balaban J connectivity index is 1.92. The Morgan fingerprint density at radius 3 is 2.90 bits per heavy atom. The number of anilines is 1. The van der Waals surface area contributed by atoms with E-state index < -0.39 is 5.97 Å². The van der Waals surface area contributed by atoms with E-state index in [-0.39, 0.29) is 11.5 Å². The second-order valence-corrected chi connectivity index (χ2v) is 6.21. The van der Waals surface area contributed by atoms with Gasteiger partial charge in [0, 0.05) is 10.9 Å². The van der Waals surface area contributed by atoms with Crippen LogP contribution in [0, 0.1) is 5.92 Å². The van der Waals surface area contributed by atoms with Crippen LogP contribution >= 0.6 is 15.9 Å². The van der Waals surface area contributed by atoms with Crippen molar-refractivity contribution in [2.75, 3.05) is 18.4 Å². The third-order valence-corrected chi connectivity index (χ3v) is 4.16. The number of carbonyl (C=O) groups is 2. The van der Waals surface area contributed by atoms with Gasteiger partial charge in [0.2, 0.25) is 5.91 Å². The summed E-state index contributed by atoms with van der Waals surface area (Å²) in [7, 11) is 0. The van der Waals surface area contributed by atoms with Gasteiger partial charge >= 0.3 is 5.97 Å². The highest BCUT2D eigenvalue weighted by Gasteiger charge is 2.16. The summed E-state index contributed by atoms with van der Waals surface area (Å²) in [6.45, 7) is 2.02. The average molecular weight is 355 g/mol. The molecule has 2 rings (SSSR count). The Kier molecular flexibility index (Phi) is 5.76. The number of carboxylic acids is 1. The molecular formula is C15H19BrN2O3. The molecule has 0 bridgehead atoms. The summed E-state index contributed by atoms with van der Waals surface area (Å²) >= 11 is 3.28. The molecule has 1 saturated heterocycles. The Morgan fingerprint density at radius 2 is 2.24 bits per heavy atom. The SMILES string of the molecule is O=C(CCC1CCCNC1)Nc1cc(Br)ccc1C(=O)O. The molecule has 1 aromatic rings. The van der Waals surface area contributed by atoms with Crippen LogP contribution in [0.1, 0.15) is 36.0 Å². The van der Waals surface area contributed by atoms with E-state index in [1.807, 2.05) is 0 Å². The Hall–Kier alpha value is -1.40. The van der Waals surface area contributed by atoms with Crippen LogP contribution in [0.15, 0.2) is 22.7 Å². The van der Waals surface area contributed by atoms with Gasteiger partial charge in [-0.15, -0.1) is 0 Å². The second-order valence-electron chi connectivity index (χ2n) is 5.29. The van der Waals surface area contributed by atoms with Crippen LogP contribution in [0.5, 0.6) is 0 Å². The van der Waals surface area contributed by atoms with Crippen molar-refractivity contribution in [2.24, 2.45) is 5.92 Å². The number of amides is 1. The lowest BCUT2D eigenvalue weighted by molar-refractivity contribution is -0.116. The summed E-state index contributed by atoms with van der Waals surface area (Å²) in [5.41, 5.74) is 0.439.